The largest absolute Gasteiger partial charge is 0.478 e. The number of aliphatic hydroxyl groups is 1. The van der Waals surface area contributed by atoms with Crippen LogP contribution in [0.3, 0.4) is 0 Å². The minimum absolute atomic E-state index is 0.164. The quantitative estimate of drug-likeness (QED) is 0.733. The lowest BCUT2D eigenvalue weighted by Crippen LogP contribution is -2.15. The summed E-state index contributed by atoms with van der Waals surface area (Å²) in [6, 6.07) is 4.76. The Labute approximate surface area is 105 Å². The Kier molecular flexibility index (Phi) is 5.25. The molecule has 0 saturated heterocycles. The number of rotatable bonds is 6. The molecular formula is C12H16ClNO3. The molecule has 0 aromatic heterocycles. The zero-order chi connectivity index (χ0) is 12.8. The van der Waals surface area contributed by atoms with Gasteiger partial charge in [0, 0.05) is 12.6 Å². The highest BCUT2D eigenvalue weighted by Gasteiger charge is 2.08. The minimum atomic E-state index is -0.994. The van der Waals surface area contributed by atoms with E-state index in [-0.39, 0.29) is 18.2 Å². The molecule has 94 valence electrons. The number of benzene rings is 1. The molecule has 0 spiro atoms. The van der Waals surface area contributed by atoms with Gasteiger partial charge >= 0.3 is 5.97 Å². The first-order chi connectivity index (χ1) is 8.04. The molecule has 4 nitrogen and oxygen atoms in total. The van der Waals surface area contributed by atoms with Crippen LogP contribution in [0.1, 0.15) is 30.1 Å². The zero-order valence-electron chi connectivity index (χ0n) is 9.61. The van der Waals surface area contributed by atoms with Crippen LogP contribution in [0.4, 0.5) is 5.69 Å². The first-order valence-corrected chi connectivity index (χ1v) is 5.82. The summed E-state index contributed by atoms with van der Waals surface area (Å²) >= 11 is 5.98. The van der Waals surface area contributed by atoms with Gasteiger partial charge in [0.15, 0.2) is 0 Å². The maximum absolute atomic E-state index is 10.7. The topological polar surface area (TPSA) is 69.6 Å². The molecule has 0 amide bonds. The lowest BCUT2D eigenvalue weighted by atomic mass is 10.1. The Morgan fingerprint density at radius 1 is 1.53 bits per heavy atom. The van der Waals surface area contributed by atoms with Crippen molar-refractivity contribution in [2.45, 2.75) is 25.8 Å². The Hall–Kier alpha value is -1.26. The van der Waals surface area contributed by atoms with Crippen molar-refractivity contribution in [3.63, 3.8) is 0 Å². The molecule has 0 radical (unpaired) electrons. The van der Waals surface area contributed by atoms with Gasteiger partial charge in [-0.15, -0.1) is 0 Å². The summed E-state index contributed by atoms with van der Waals surface area (Å²) in [4.78, 5) is 10.7. The van der Waals surface area contributed by atoms with Gasteiger partial charge in [0.2, 0.25) is 0 Å². The highest BCUT2D eigenvalue weighted by Crippen LogP contribution is 2.24. The summed E-state index contributed by atoms with van der Waals surface area (Å²) in [5.41, 5.74) is 0.880. The summed E-state index contributed by atoms with van der Waals surface area (Å²) in [6.45, 7) is 2.15. The number of carbonyl (C=O) groups is 1. The molecule has 0 fully saturated rings. The summed E-state index contributed by atoms with van der Waals surface area (Å²) in [5.74, 6) is -0.994. The van der Waals surface area contributed by atoms with Gasteiger partial charge in [-0.05, 0) is 38.0 Å². The fourth-order valence-electron chi connectivity index (χ4n) is 1.50. The summed E-state index contributed by atoms with van der Waals surface area (Å²) < 4.78 is 0. The summed E-state index contributed by atoms with van der Waals surface area (Å²) in [6.07, 6.45) is 1.55. The van der Waals surface area contributed by atoms with E-state index in [1.54, 1.807) is 6.07 Å². The first kappa shape index (κ1) is 13.8. The van der Waals surface area contributed by atoms with Crippen LogP contribution in [0.15, 0.2) is 18.2 Å². The predicted molar refractivity (Wildman–Crippen MR) is 67.8 cm³/mol. The summed E-state index contributed by atoms with van der Waals surface area (Å²) in [5, 5.41) is 21.1. The van der Waals surface area contributed by atoms with Gasteiger partial charge in [-0.3, -0.25) is 0 Å². The fourth-order valence-corrected chi connectivity index (χ4v) is 1.74. The van der Waals surface area contributed by atoms with Gasteiger partial charge in [-0.25, -0.2) is 4.79 Å². The molecule has 0 saturated carbocycles. The fraction of sp³-hybridized carbons (Fsp3) is 0.417. The predicted octanol–water partition coefficient (Wildman–Crippen LogP) is 2.61. The van der Waals surface area contributed by atoms with Crippen LogP contribution in [0.5, 0.6) is 0 Å². The number of aromatic carboxylic acids is 1. The highest BCUT2D eigenvalue weighted by atomic mass is 35.5. The van der Waals surface area contributed by atoms with E-state index in [4.69, 9.17) is 21.8 Å². The lowest BCUT2D eigenvalue weighted by Gasteiger charge is -2.16. The smallest absolute Gasteiger partial charge is 0.335 e. The van der Waals surface area contributed by atoms with E-state index in [1.165, 1.54) is 12.1 Å². The van der Waals surface area contributed by atoms with Crippen molar-refractivity contribution in [2.24, 2.45) is 0 Å². The molecule has 0 aliphatic heterocycles. The van der Waals surface area contributed by atoms with E-state index in [0.29, 0.717) is 10.7 Å². The monoisotopic (exact) mass is 257 g/mol. The number of halogens is 1. The van der Waals surface area contributed by atoms with Gasteiger partial charge in [-0.1, -0.05) is 11.6 Å². The number of carboxylic acids is 1. The van der Waals surface area contributed by atoms with Crippen molar-refractivity contribution < 1.29 is 15.0 Å². The number of nitrogens with one attached hydrogen (secondary N) is 1. The van der Waals surface area contributed by atoms with Gasteiger partial charge < -0.3 is 15.5 Å². The van der Waals surface area contributed by atoms with E-state index in [2.05, 4.69) is 5.32 Å². The van der Waals surface area contributed by atoms with Crippen LogP contribution in [-0.2, 0) is 0 Å². The van der Waals surface area contributed by atoms with Gasteiger partial charge in [-0.2, -0.15) is 0 Å². The van der Waals surface area contributed by atoms with E-state index < -0.39 is 5.97 Å². The van der Waals surface area contributed by atoms with Crippen molar-refractivity contribution in [3.8, 4) is 0 Å². The Morgan fingerprint density at radius 2 is 2.24 bits per heavy atom. The Bertz CT molecular complexity index is 395. The second-order valence-corrected chi connectivity index (χ2v) is 4.32. The normalized spacial score (nSPS) is 12.2. The van der Waals surface area contributed by atoms with Crippen LogP contribution >= 0.6 is 11.6 Å². The third-order valence-corrected chi connectivity index (χ3v) is 2.73. The molecule has 1 aromatic carbocycles. The van der Waals surface area contributed by atoms with Crippen LogP contribution in [-0.4, -0.2) is 28.8 Å². The molecule has 0 aliphatic rings. The third-order valence-electron chi connectivity index (χ3n) is 2.41. The van der Waals surface area contributed by atoms with Gasteiger partial charge in [0.25, 0.3) is 0 Å². The molecule has 0 aliphatic carbocycles. The molecule has 3 N–H and O–H groups in total. The Balaban J connectivity index is 2.69. The van der Waals surface area contributed by atoms with Crippen LogP contribution in [0, 0.1) is 0 Å². The lowest BCUT2D eigenvalue weighted by molar-refractivity contribution is 0.0697. The molecule has 5 heteroatoms. The highest BCUT2D eigenvalue weighted by molar-refractivity contribution is 6.33. The van der Waals surface area contributed by atoms with E-state index in [1.807, 2.05) is 6.92 Å². The zero-order valence-corrected chi connectivity index (χ0v) is 10.4. The molecule has 1 rings (SSSR count). The Morgan fingerprint density at radius 3 is 2.76 bits per heavy atom. The second kappa shape index (κ2) is 6.47. The first-order valence-electron chi connectivity index (χ1n) is 5.45. The van der Waals surface area contributed by atoms with E-state index in [9.17, 15) is 4.79 Å². The van der Waals surface area contributed by atoms with Crippen LogP contribution in [0.25, 0.3) is 0 Å². The maximum atomic E-state index is 10.7. The molecule has 1 unspecified atom stereocenters. The minimum Gasteiger partial charge on any atom is -0.478 e. The molecule has 17 heavy (non-hydrogen) atoms. The van der Waals surface area contributed by atoms with Crippen molar-refractivity contribution in [1.29, 1.82) is 0 Å². The maximum Gasteiger partial charge on any atom is 0.335 e. The van der Waals surface area contributed by atoms with E-state index in [0.717, 1.165) is 12.8 Å². The van der Waals surface area contributed by atoms with Crippen molar-refractivity contribution in [2.75, 3.05) is 11.9 Å². The van der Waals surface area contributed by atoms with Crippen molar-refractivity contribution in [3.05, 3.63) is 28.8 Å². The molecule has 1 atom stereocenters. The van der Waals surface area contributed by atoms with Crippen molar-refractivity contribution >= 4 is 23.3 Å². The molecule has 0 bridgehead atoms. The molecule has 1 aromatic rings. The average Bonchev–Trinajstić information content (AvgIpc) is 2.28. The summed E-state index contributed by atoms with van der Waals surface area (Å²) in [7, 11) is 0. The van der Waals surface area contributed by atoms with Crippen LogP contribution < -0.4 is 5.32 Å². The van der Waals surface area contributed by atoms with Gasteiger partial charge in [0.05, 0.1) is 16.3 Å². The number of carboxylic acid groups (broad SMARTS) is 1. The van der Waals surface area contributed by atoms with Crippen LogP contribution in [0.2, 0.25) is 5.02 Å². The number of aliphatic hydroxyl groups excluding tert-OH is 1. The number of hydrogen-bond donors (Lipinski definition) is 3. The van der Waals surface area contributed by atoms with Crippen molar-refractivity contribution in [1.82, 2.24) is 0 Å². The molecular weight excluding hydrogens is 242 g/mol. The standard InChI is InChI=1S/C12H16ClNO3/c1-8(3-2-6-15)14-11-5-4-9(12(16)17)7-10(11)13/h4-5,7-8,14-15H,2-3,6H2,1H3,(H,16,17). The molecule has 0 heterocycles. The number of hydrogen-bond acceptors (Lipinski definition) is 3. The van der Waals surface area contributed by atoms with E-state index >= 15 is 0 Å². The third kappa shape index (κ3) is 4.24. The second-order valence-electron chi connectivity index (χ2n) is 3.91. The van der Waals surface area contributed by atoms with Gasteiger partial charge in [0.1, 0.15) is 0 Å². The number of anilines is 1. The average molecular weight is 258 g/mol. The SMILES string of the molecule is CC(CCCO)Nc1ccc(C(=O)O)cc1Cl.